The van der Waals surface area contributed by atoms with E-state index in [9.17, 15) is 14.9 Å². The Labute approximate surface area is 139 Å². The van der Waals surface area contributed by atoms with Crippen LogP contribution in [0.3, 0.4) is 0 Å². The second kappa shape index (κ2) is 6.79. The van der Waals surface area contributed by atoms with Gasteiger partial charge in [-0.25, -0.2) is 0 Å². The van der Waals surface area contributed by atoms with Gasteiger partial charge in [-0.2, -0.15) is 5.10 Å². The van der Waals surface area contributed by atoms with Gasteiger partial charge in [0.25, 0.3) is 11.6 Å². The molecule has 1 aromatic heterocycles. The summed E-state index contributed by atoms with van der Waals surface area (Å²) in [5.74, 6) is -0.154. The molecular weight excluding hydrogens is 310 g/mol. The van der Waals surface area contributed by atoms with Gasteiger partial charge < -0.3 is 4.90 Å². The normalized spacial score (nSPS) is 15.5. The second-order valence-corrected chi connectivity index (χ2v) is 5.82. The van der Waals surface area contributed by atoms with Crippen molar-refractivity contribution in [3.63, 3.8) is 0 Å². The number of nitrogens with zero attached hydrogens (tertiary/aromatic N) is 5. The molecule has 1 saturated heterocycles. The van der Waals surface area contributed by atoms with E-state index in [4.69, 9.17) is 0 Å². The number of nitro benzene ring substituents is 1. The maximum Gasteiger partial charge on any atom is 0.270 e. The van der Waals surface area contributed by atoms with Crippen molar-refractivity contribution in [3.8, 4) is 0 Å². The molecule has 0 saturated carbocycles. The van der Waals surface area contributed by atoms with E-state index in [-0.39, 0.29) is 11.6 Å². The third kappa shape index (κ3) is 3.43. The minimum absolute atomic E-state index is 0.0595. The number of aromatic nitrogens is 2. The molecule has 0 spiro atoms. The topological polar surface area (TPSA) is 84.5 Å². The van der Waals surface area contributed by atoms with Crippen molar-refractivity contribution in [2.24, 2.45) is 7.05 Å². The van der Waals surface area contributed by atoms with Gasteiger partial charge in [-0.1, -0.05) is 6.07 Å². The van der Waals surface area contributed by atoms with Crippen LogP contribution in [0.2, 0.25) is 0 Å². The highest BCUT2D eigenvalue weighted by molar-refractivity contribution is 5.94. The van der Waals surface area contributed by atoms with E-state index >= 15 is 0 Å². The molecule has 126 valence electrons. The van der Waals surface area contributed by atoms with Crippen LogP contribution in [0.25, 0.3) is 0 Å². The van der Waals surface area contributed by atoms with Gasteiger partial charge in [-0.05, 0) is 12.1 Å². The Balaban J connectivity index is 1.60. The Morgan fingerprint density at radius 3 is 2.62 bits per heavy atom. The third-order valence-corrected chi connectivity index (χ3v) is 4.27. The summed E-state index contributed by atoms with van der Waals surface area (Å²) in [6.45, 7) is 3.56. The van der Waals surface area contributed by atoms with Crippen molar-refractivity contribution in [2.45, 2.75) is 6.54 Å². The molecule has 24 heavy (non-hydrogen) atoms. The van der Waals surface area contributed by atoms with Crippen LogP contribution >= 0.6 is 0 Å². The SMILES string of the molecule is Cn1nccc1CN1CCN(C(=O)c2cccc([N+](=O)[O-])c2)CC1. The van der Waals surface area contributed by atoms with Gasteiger partial charge in [0.15, 0.2) is 0 Å². The molecule has 0 aliphatic carbocycles. The quantitative estimate of drug-likeness (QED) is 0.623. The molecule has 2 heterocycles. The zero-order chi connectivity index (χ0) is 17.1. The number of hydrogen-bond acceptors (Lipinski definition) is 5. The van der Waals surface area contributed by atoms with Crippen LogP contribution in [0.15, 0.2) is 36.5 Å². The van der Waals surface area contributed by atoms with Gasteiger partial charge in [0.05, 0.1) is 10.6 Å². The van der Waals surface area contributed by atoms with Crippen molar-refractivity contribution in [3.05, 3.63) is 57.9 Å². The summed E-state index contributed by atoms with van der Waals surface area (Å²) in [6, 6.07) is 7.88. The summed E-state index contributed by atoms with van der Waals surface area (Å²) in [7, 11) is 1.91. The second-order valence-electron chi connectivity index (χ2n) is 5.82. The van der Waals surface area contributed by atoms with Crippen LogP contribution in [-0.2, 0) is 13.6 Å². The first-order chi connectivity index (χ1) is 11.5. The number of piperazine rings is 1. The van der Waals surface area contributed by atoms with E-state index in [0.29, 0.717) is 18.7 Å². The van der Waals surface area contributed by atoms with Crippen LogP contribution in [0.4, 0.5) is 5.69 Å². The van der Waals surface area contributed by atoms with Crippen molar-refractivity contribution in [2.75, 3.05) is 26.2 Å². The maximum atomic E-state index is 12.5. The molecule has 0 N–H and O–H groups in total. The lowest BCUT2D eigenvalue weighted by molar-refractivity contribution is -0.384. The summed E-state index contributed by atoms with van der Waals surface area (Å²) >= 11 is 0. The first-order valence-electron chi connectivity index (χ1n) is 7.77. The molecule has 3 rings (SSSR count). The zero-order valence-corrected chi connectivity index (χ0v) is 13.5. The number of aryl methyl sites for hydroxylation is 1. The lowest BCUT2D eigenvalue weighted by atomic mass is 10.1. The number of benzene rings is 1. The average molecular weight is 329 g/mol. The van der Waals surface area contributed by atoms with Gasteiger partial charge in [-0.15, -0.1) is 0 Å². The predicted octanol–water partition coefficient (Wildman–Crippen LogP) is 1.29. The number of hydrogen-bond donors (Lipinski definition) is 0. The summed E-state index contributed by atoms with van der Waals surface area (Å²) in [6.07, 6.45) is 1.78. The van der Waals surface area contributed by atoms with Gasteiger partial charge in [0.1, 0.15) is 0 Å². The lowest BCUT2D eigenvalue weighted by Crippen LogP contribution is -2.48. The molecule has 8 heteroatoms. The van der Waals surface area contributed by atoms with E-state index in [1.165, 1.54) is 12.1 Å². The summed E-state index contributed by atoms with van der Waals surface area (Å²) in [4.78, 5) is 26.9. The summed E-state index contributed by atoms with van der Waals surface area (Å²) in [5, 5.41) is 15.0. The zero-order valence-electron chi connectivity index (χ0n) is 13.5. The number of rotatable bonds is 4. The Bertz CT molecular complexity index is 750. The fraction of sp³-hybridized carbons (Fsp3) is 0.375. The lowest BCUT2D eigenvalue weighted by Gasteiger charge is -2.34. The molecule has 0 radical (unpaired) electrons. The molecule has 1 aliphatic heterocycles. The Morgan fingerprint density at radius 2 is 2.00 bits per heavy atom. The summed E-state index contributed by atoms with van der Waals surface area (Å²) < 4.78 is 1.85. The third-order valence-electron chi connectivity index (χ3n) is 4.27. The minimum Gasteiger partial charge on any atom is -0.336 e. The highest BCUT2D eigenvalue weighted by Crippen LogP contribution is 2.16. The Hall–Kier alpha value is -2.74. The molecule has 1 fully saturated rings. The van der Waals surface area contributed by atoms with E-state index in [1.807, 2.05) is 17.8 Å². The average Bonchev–Trinajstić information content (AvgIpc) is 3.00. The molecular formula is C16H19N5O3. The molecule has 0 atom stereocenters. The van der Waals surface area contributed by atoms with Gasteiger partial charge >= 0.3 is 0 Å². The fourth-order valence-electron chi connectivity index (χ4n) is 2.83. The van der Waals surface area contributed by atoms with Gasteiger partial charge in [0, 0.05) is 63.7 Å². The Morgan fingerprint density at radius 1 is 1.25 bits per heavy atom. The maximum absolute atomic E-state index is 12.5. The molecule has 1 amide bonds. The molecule has 8 nitrogen and oxygen atoms in total. The van der Waals surface area contributed by atoms with Crippen LogP contribution < -0.4 is 0 Å². The first-order valence-corrected chi connectivity index (χ1v) is 7.77. The van der Waals surface area contributed by atoms with Gasteiger partial charge in [0.2, 0.25) is 0 Å². The largest absolute Gasteiger partial charge is 0.336 e. The van der Waals surface area contributed by atoms with E-state index in [2.05, 4.69) is 10.00 Å². The highest BCUT2D eigenvalue weighted by atomic mass is 16.6. The fourth-order valence-corrected chi connectivity index (χ4v) is 2.83. The van der Waals surface area contributed by atoms with E-state index in [0.717, 1.165) is 25.3 Å². The Kier molecular flexibility index (Phi) is 4.57. The molecule has 0 bridgehead atoms. The number of amides is 1. The molecule has 2 aromatic rings. The monoisotopic (exact) mass is 329 g/mol. The van der Waals surface area contributed by atoms with Crippen LogP contribution in [0.5, 0.6) is 0 Å². The smallest absolute Gasteiger partial charge is 0.270 e. The number of carbonyl (C=O) groups is 1. The molecule has 1 aliphatic rings. The van der Waals surface area contributed by atoms with Crippen LogP contribution in [0, 0.1) is 10.1 Å². The molecule has 0 unspecified atom stereocenters. The van der Waals surface area contributed by atoms with Crippen LogP contribution in [-0.4, -0.2) is 56.6 Å². The predicted molar refractivity (Wildman–Crippen MR) is 87.5 cm³/mol. The number of carbonyl (C=O) groups excluding carboxylic acids is 1. The molecule has 1 aromatic carbocycles. The standard InChI is InChI=1S/C16H19N5O3/c1-18-15(5-6-17-18)12-19-7-9-20(10-8-19)16(22)13-3-2-4-14(11-13)21(23)24/h2-6,11H,7-10,12H2,1H3. The van der Waals surface area contributed by atoms with Crippen molar-refractivity contribution in [1.82, 2.24) is 19.6 Å². The van der Waals surface area contributed by atoms with Crippen LogP contribution in [0.1, 0.15) is 16.1 Å². The van der Waals surface area contributed by atoms with Crippen molar-refractivity contribution < 1.29 is 9.72 Å². The van der Waals surface area contributed by atoms with Crippen molar-refractivity contribution in [1.29, 1.82) is 0 Å². The minimum atomic E-state index is -0.484. The van der Waals surface area contributed by atoms with Gasteiger partial charge in [-0.3, -0.25) is 24.5 Å². The highest BCUT2D eigenvalue weighted by Gasteiger charge is 2.23. The first kappa shape index (κ1) is 16.1. The number of non-ortho nitro benzene ring substituents is 1. The van der Waals surface area contributed by atoms with E-state index in [1.54, 1.807) is 23.2 Å². The van der Waals surface area contributed by atoms with Crippen molar-refractivity contribution >= 4 is 11.6 Å². The van der Waals surface area contributed by atoms with E-state index < -0.39 is 4.92 Å². The number of nitro groups is 1. The summed E-state index contributed by atoms with van der Waals surface area (Å²) in [5.41, 5.74) is 1.44.